The minimum atomic E-state index is -0.0693. The van der Waals surface area contributed by atoms with Crippen molar-refractivity contribution in [2.45, 2.75) is 45.3 Å². The van der Waals surface area contributed by atoms with Gasteiger partial charge in [-0.1, -0.05) is 6.07 Å². The molecule has 24 heavy (non-hydrogen) atoms. The molecule has 0 atom stereocenters. The van der Waals surface area contributed by atoms with Crippen LogP contribution in [0.5, 0.6) is 0 Å². The molecule has 1 saturated heterocycles. The average Bonchev–Trinajstić information content (AvgIpc) is 3.08. The van der Waals surface area contributed by atoms with Crippen LogP contribution in [0.4, 0.5) is 0 Å². The highest BCUT2D eigenvalue weighted by atomic mass is 16.2. The topological polar surface area (TPSA) is 63.1 Å². The Labute approximate surface area is 142 Å². The second-order valence-corrected chi connectivity index (χ2v) is 6.66. The number of amides is 1. The third-order valence-electron chi connectivity index (χ3n) is 4.42. The molecule has 0 radical (unpaired) electrons. The summed E-state index contributed by atoms with van der Waals surface area (Å²) in [5.41, 5.74) is 1.74. The van der Waals surface area contributed by atoms with Crippen LogP contribution in [0.25, 0.3) is 0 Å². The largest absolute Gasteiger partial charge is 0.348 e. The molecule has 0 unspecified atom stereocenters. The van der Waals surface area contributed by atoms with E-state index in [0.29, 0.717) is 5.69 Å². The minimum absolute atomic E-state index is 0.0693. The lowest BCUT2D eigenvalue weighted by molar-refractivity contribution is 0.0903. The van der Waals surface area contributed by atoms with Crippen molar-refractivity contribution in [2.24, 2.45) is 0 Å². The normalized spacial score (nSPS) is 16.5. The maximum absolute atomic E-state index is 12.3. The van der Waals surface area contributed by atoms with E-state index in [0.717, 1.165) is 32.5 Å². The summed E-state index contributed by atoms with van der Waals surface area (Å²) in [4.78, 5) is 18.9. The van der Waals surface area contributed by atoms with Crippen molar-refractivity contribution in [2.75, 3.05) is 13.1 Å². The summed E-state index contributed by atoms with van der Waals surface area (Å²) in [6, 6.07) is 6.35. The molecule has 3 heterocycles. The van der Waals surface area contributed by atoms with Gasteiger partial charge in [0.2, 0.25) is 0 Å². The zero-order valence-electron chi connectivity index (χ0n) is 14.4. The molecule has 2 aromatic heterocycles. The number of nitrogens with one attached hydrogen (secondary N) is 1. The van der Waals surface area contributed by atoms with Gasteiger partial charge < -0.3 is 5.32 Å². The Bertz CT molecular complexity index is 659. The Balaban J connectivity index is 1.47. The van der Waals surface area contributed by atoms with Gasteiger partial charge in [-0.2, -0.15) is 5.10 Å². The highest BCUT2D eigenvalue weighted by molar-refractivity contribution is 5.92. The number of piperidine rings is 1. The van der Waals surface area contributed by atoms with Gasteiger partial charge in [0.25, 0.3) is 5.91 Å². The zero-order valence-corrected chi connectivity index (χ0v) is 14.4. The van der Waals surface area contributed by atoms with Crippen molar-refractivity contribution in [3.05, 3.63) is 48.0 Å². The lowest BCUT2D eigenvalue weighted by Gasteiger charge is -2.32. The van der Waals surface area contributed by atoms with E-state index in [1.165, 1.54) is 5.56 Å². The van der Waals surface area contributed by atoms with Crippen LogP contribution in [-0.2, 0) is 6.54 Å². The lowest BCUT2D eigenvalue weighted by Crippen LogP contribution is -2.44. The van der Waals surface area contributed by atoms with Crippen molar-refractivity contribution in [1.29, 1.82) is 0 Å². The molecule has 0 spiro atoms. The molecule has 0 aliphatic carbocycles. The van der Waals surface area contributed by atoms with Gasteiger partial charge in [-0.05, 0) is 44.4 Å². The van der Waals surface area contributed by atoms with Gasteiger partial charge in [0.1, 0.15) is 5.69 Å². The van der Waals surface area contributed by atoms with Crippen molar-refractivity contribution in [3.63, 3.8) is 0 Å². The molecule has 6 heteroatoms. The number of carbonyl (C=O) groups is 1. The summed E-state index contributed by atoms with van der Waals surface area (Å²) in [7, 11) is 0. The van der Waals surface area contributed by atoms with Crippen LogP contribution in [0, 0.1) is 0 Å². The fourth-order valence-electron chi connectivity index (χ4n) is 2.99. The van der Waals surface area contributed by atoms with Gasteiger partial charge in [0.05, 0.1) is 0 Å². The first kappa shape index (κ1) is 16.6. The van der Waals surface area contributed by atoms with Gasteiger partial charge in [-0.15, -0.1) is 0 Å². The van der Waals surface area contributed by atoms with E-state index in [1.807, 2.05) is 37.0 Å². The van der Waals surface area contributed by atoms with Crippen molar-refractivity contribution in [3.8, 4) is 0 Å². The van der Waals surface area contributed by atoms with Crippen molar-refractivity contribution in [1.82, 2.24) is 25.0 Å². The number of carbonyl (C=O) groups excluding carboxylic acids is 1. The lowest BCUT2D eigenvalue weighted by atomic mass is 10.0. The molecular weight excluding hydrogens is 302 g/mol. The number of likely N-dealkylation sites (tertiary alicyclic amines) is 1. The van der Waals surface area contributed by atoms with E-state index in [2.05, 4.69) is 26.4 Å². The highest BCUT2D eigenvalue weighted by Crippen LogP contribution is 2.14. The summed E-state index contributed by atoms with van der Waals surface area (Å²) < 4.78 is 1.81. The van der Waals surface area contributed by atoms with E-state index in [-0.39, 0.29) is 18.0 Å². The first-order valence-electron chi connectivity index (χ1n) is 8.59. The van der Waals surface area contributed by atoms with E-state index < -0.39 is 0 Å². The van der Waals surface area contributed by atoms with Gasteiger partial charge in [-0.3, -0.25) is 19.4 Å². The molecule has 0 aromatic carbocycles. The molecule has 0 bridgehead atoms. The quantitative estimate of drug-likeness (QED) is 0.915. The maximum Gasteiger partial charge on any atom is 0.271 e. The molecule has 1 fully saturated rings. The molecule has 6 nitrogen and oxygen atoms in total. The first-order chi connectivity index (χ1) is 11.6. The van der Waals surface area contributed by atoms with Gasteiger partial charge in [0, 0.05) is 50.3 Å². The van der Waals surface area contributed by atoms with Crippen LogP contribution < -0.4 is 5.32 Å². The number of hydrogen-bond acceptors (Lipinski definition) is 4. The first-order valence-corrected chi connectivity index (χ1v) is 8.59. The second-order valence-electron chi connectivity index (χ2n) is 6.66. The monoisotopic (exact) mass is 327 g/mol. The van der Waals surface area contributed by atoms with Crippen LogP contribution in [0.3, 0.4) is 0 Å². The minimum Gasteiger partial charge on any atom is -0.348 e. The van der Waals surface area contributed by atoms with Gasteiger partial charge >= 0.3 is 0 Å². The Hall–Kier alpha value is -2.21. The average molecular weight is 327 g/mol. The van der Waals surface area contributed by atoms with Crippen molar-refractivity contribution >= 4 is 5.91 Å². The molecule has 1 N–H and O–H groups in total. The maximum atomic E-state index is 12.3. The molecule has 1 aliphatic rings. The Morgan fingerprint density at radius 3 is 2.75 bits per heavy atom. The fourth-order valence-corrected chi connectivity index (χ4v) is 2.99. The van der Waals surface area contributed by atoms with E-state index in [9.17, 15) is 4.79 Å². The second kappa shape index (κ2) is 7.57. The molecule has 3 rings (SSSR count). The smallest absolute Gasteiger partial charge is 0.271 e. The van der Waals surface area contributed by atoms with Crippen LogP contribution in [0.2, 0.25) is 0 Å². The van der Waals surface area contributed by atoms with Crippen LogP contribution in [0.15, 0.2) is 36.8 Å². The number of nitrogens with zero attached hydrogens (tertiary/aromatic N) is 4. The highest BCUT2D eigenvalue weighted by Gasteiger charge is 2.22. The van der Waals surface area contributed by atoms with Crippen molar-refractivity contribution < 1.29 is 4.79 Å². The SMILES string of the molecule is CC(C)n1ccc(C(=O)NC2CCN(Cc3cccnc3)CC2)n1. The van der Waals surface area contributed by atoms with Crippen LogP contribution in [0.1, 0.15) is 48.8 Å². The number of aromatic nitrogens is 3. The molecule has 1 amide bonds. The summed E-state index contributed by atoms with van der Waals surface area (Å²) in [6.45, 7) is 6.99. The van der Waals surface area contributed by atoms with Gasteiger partial charge in [-0.25, -0.2) is 0 Å². The fraction of sp³-hybridized carbons (Fsp3) is 0.500. The summed E-state index contributed by atoms with van der Waals surface area (Å²) in [6.07, 6.45) is 7.51. The molecule has 128 valence electrons. The molecule has 0 saturated carbocycles. The third-order valence-corrected chi connectivity index (χ3v) is 4.42. The van der Waals surface area contributed by atoms with Gasteiger partial charge in [0.15, 0.2) is 0 Å². The Kier molecular flexibility index (Phi) is 5.25. The van der Waals surface area contributed by atoms with E-state index in [4.69, 9.17) is 0 Å². The molecule has 1 aliphatic heterocycles. The number of hydrogen-bond donors (Lipinski definition) is 1. The summed E-state index contributed by atoms with van der Waals surface area (Å²) in [5, 5.41) is 7.45. The predicted octanol–water partition coefficient (Wildman–Crippen LogP) is 2.25. The summed E-state index contributed by atoms with van der Waals surface area (Å²) >= 11 is 0. The number of pyridine rings is 1. The number of rotatable bonds is 5. The third kappa shape index (κ3) is 4.20. The summed E-state index contributed by atoms with van der Waals surface area (Å²) in [5.74, 6) is -0.0693. The van der Waals surface area contributed by atoms with E-state index >= 15 is 0 Å². The Morgan fingerprint density at radius 1 is 1.33 bits per heavy atom. The Morgan fingerprint density at radius 2 is 2.12 bits per heavy atom. The standard InChI is InChI=1S/C18H25N5O/c1-14(2)23-11-7-17(21-23)18(24)20-16-5-9-22(10-6-16)13-15-4-3-8-19-12-15/h3-4,7-8,11-12,14,16H,5-6,9-10,13H2,1-2H3,(H,20,24). The van der Waals surface area contributed by atoms with Crippen LogP contribution >= 0.6 is 0 Å². The van der Waals surface area contributed by atoms with Crippen LogP contribution in [-0.4, -0.2) is 44.7 Å². The molecular formula is C18H25N5O. The predicted molar refractivity (Wildman–Crippen MR) is 92.6 cm³/mol. The van der Waals surface area contributed by atoms with E-state index in [1.54, 1.807) is 12.3 Å². The zero-order chi connectivity index (χ0) is 16.9. The molecule has 2 aromatic rings.